The van der Waals surface area contributed by atoms with E-state index in [0.717, 1.165) is 9.87 Å². The average Bonchev–Trinajstić information content (AvgIpc) is 2.89. The lowest BCUT2D eigenvalue weighted by Gasteiger charge is -2.40. The van der Waals surface area contributed by atoms with Gasteiger partial charge in [0.15, 0.2) is 0 Å². The molecule has 2 aliphatic rings. The maximum atomic E-state index is 13.1. The second kappa shape index (κ2) is 5.60. The molecule has 2 aliphatic heterocycles. The van der Waals surface area contributed by atoms with Gasteiger partial charge in [-0.25, -0.2) is 0 Å². The molecule has 2 heterocycles. The predicted molar refractivity (Wildman–Crippen MR) is 76.8 cm³/mol. The van der Waals surface area contributed by atoms with Crippen LogP contribution in [0, 0.1) is 0 Å². The van der Waals surface area contributed by atoms with Gasteiger partial charge in [0.25, 0.3) is 0 Å². The average molecular weight is 328 g/mol. The van der Waals surface area contributed by atoms with Crippen LogP contribution in [-0.2, 0) is 26.5 Å². The molecule has 0 radical (unpaired) electrons. The summed E-state index contributed by atoms with van der Waals surface area (Å²) in [5, 5.41) is 0. The van der Waals surface area contributed by atoms with Gasteiger partial charge in [-0.2, -0.15) is 12.7 Å². The number of amides is 1. The third kappa shape index (κ3) is 3.13. The molecule has 22 heavy (non-hydrogen) atoms. The summed E-state index contributed by atoms with van der Waals surface area (Å²) in [4.78, 5) is 13.7. The molecule has 1 aromatic carbocycles. The third-order valence-electron chi connectivity index (χ3n) is 4.14. The molecule has 6 nitrogen and oxygen atoms in total. The fourth-order valence-corrected chi connectivity index (χ4v) is 3.68. The molecule has 1 atom stereocenters. The van der Waals surface area contributed by atoms with Crippen molar-refractivity contribution in [1.82, 2.24) is 9.21 Å². The Morgan fingerprint density at radius 3 is 2.59 bits per heavy atom. The normalized spacial score (nSPS) is 26.8. The van der Waals surface area contributed by atoms with Crippen LogP contribution in [0.4, 0.5) is 3.89 Å². The van der Waals surface area contributed by atoms with Crippen molar-refractivity contribution in [3.63, 3.8) is 0 Å². The van der Waals surface area contributed by atoms with Gasteiger partial charge in [0.2, 0.25) is 5.91 Å². The van der Waals surface area contributed by atoms with E-state index in [1.54, 1.807) is 4.90 Å². The second-order valence-corrected chi connectivity index (χ2v) is 7.07. The molecule has 2 saturated heterocycles. The molecule has 120 valence electrons. The molecular weight excluding hydrogens is 311 g/mol. The minimum Gasteiger partial charge on any atom is -0.362 e. The van der Waals surface area contributed by atoms with E-state index < -0.39 is 16.0 Å². The zero-order valence-electron chi connectivity index (χ0n) is 11.9. The summed E-state index contributed by atoms with van der Waals surface area (Å²) < 4.78 is 41.5. The molecule has 1 spiro atoms. The minimum atomic E-state index is -4.72. The van der Waals surface area contributed by atoms with Crippen LogP contribution >= 0.6 is 0 Å². The number of carbonyl (C=O) groups is 1. The lowest BCUT2D eigenvalue weighted by molar-refractivity contribution is -0.162. The number of benzene rings is 1. The van der Waals surface area contributed by atoms with E-state index in [2.05, 4.69) is 0 Å². The van der Waals surface area contributed by atoms with Gasteiger partial charge in [0.1, 0.15) is 12.2 Å². The van der Waals surface area contributed by atoms with Crippen molar-refractivity contribution in [3.05, 3.63) is 35.9 Å². The predicted octanol–water partition coefficient (Wildman–Crippen LogP) is 0.704. The smallest absolute Gasteiger partial charge is 0.362 e. The molecule has 0 aliphatic carbocycles. The fraction of sp³-hybridized carbons (Fsp3) is 0.500. The summed E-state index contributed by atoms with van der Waals surface area (Å²) in [6.07, 6.45) is 0.384. The van der Waals surface area contributed by atoms with Gasteiger partial charge in [0.05, 0.1) is 6.54 Å². The lowest BCUT2D eigenvalue weighted by Crippen LogP contribution is -2.55. The van der Waals surface area contributed by atoms with E-state index >= 15 is 0 Å². The number of nitrogens with zero attached hydrogens (tertiary/aromatic N) is 2. The van der Waals surface area contributed by atoms with Gasteiger partial charge >= 0.3 is 10.4 Å². The first kappa shape index (κ1) is 15.4. The molecule has 0 saturated carbocycles. The molecule has 1 amide bonds. The highest BCUT2D eigenvalue weighted by Gasteiger charge is 2.48. The number of carbonyl (C=O) groups excluding carboxylic acids is 1. The van der Waals surface area contributed by atoms with Gasteiger partial charge in [-0.15, -0.1) is 0 Å². The molecule has 0 bridgehead atoms. The van der Waals surface area contributed by atoms with Crippen molar-refractivity contribution >= 4 is 16.3 Å². The molecular formula is C14H17FN2O4S. The number of hydrogen-bond donors (Lipinski definition) is 0. The summed E-state index contributed by atoms with van der Waals surface area (Å²) in [5.74, 6) is -0.143. The standard InChI is InChI=1S/C14H17FN2O4S/c15-22(19,20)17-7-6-14(11-17)10-16(13(18)9-21-14)8-12-4-2-1-3-5-12/h1-5H,6-11H2. The summed E-state index contributed by atoms with van der Waals surface area (Å²) >= 11 is 0. The van der Waals surface area contributed by atoms with E-state index in [0.29, 0.717) is 13.0 Å². The Bertz CT molecular complexity index is 667. The molecule has 2 fully saturated rings. The van der Waals surface area contributed by atoms with Gasteiger partial charge in [-0.05, 0) is 12.0 Å². The van der Waals surface area contributed by atoms with Crippen molar-refractivity contribution in [2.45, 2.75) is 18.6 Å². The lowest BCUT2D eigenvalue weighted by atomic mass is 10.00. The molecule has 1 aromatic rings. The van der Waals surface area contributed by atoms with E-state index in [1.807, 2.05) is 30.3 Å². The quantitative estimate of drug-likeness (QED) is 0.766. The van der Waals surface area contributed by atoms with Crippen LogP contribution in [0.3, 0.4) is 0 Å². The van der Waals surface area contributed by atoms with Crippen molar-refractivity contribution in [3.8, 4) is 0 Å². The number of rotatable bonds is 3. The van der Waals surface area contributed by atoms with Crippen LogP contribution in [-0.4, -0.2) is 55.4 Å². The first-order chi connectivity index (χ1) is 10.4. The minimum absolute atomic E-state index is 0.0512. The monoisotopic (exact) mass is 328 g/mol. The van der Waals surface area contributed by atoms with Crippen LogP contribution in [0.25, 0.3) is 0 Å². The highest BCUT2D eigenvalue weighted by Crippen LogP contribution is 2.32. The third-order valence-corrected chi connectivity index (χ3v) is 5.07. The highest BCUT2D eigenvalue weighted by molar-refractivity contribution is 7.83. The van der Waals surface area contributed by atoms with Crippen molar-refractivity contribution in [1.29, 1.82) is 0 Å². The number of halogens is 1. The molecule has 1 unspecified atom stereocenters. The summed E-state index contributed by atoms with van der Waals surface area (Å²) in [7, 11) is -4.72. The van der Waals surface area contributed by atoms with Crippen LogP contribution < -0.4 is 0 Å². The topological polar surface area (TPSA) is 66.9 Å². The number of morpholine rings is 1. The zero-order chi connectivity index (χ0) is 15.8. The van der Waals surface area contributed by atoms with Crippen LogP contribution in [0.15, 0.2) is 30.3 Å². The first-order valence-electron chi connectivity index (χ1n) is 7.03. The highest BCUT2D eigenvalue weighted by atomic mass is 32.3. The Hall–Kier alpha value is -1.51. The van der Waals surface area contributed by atoms with Crippen LogP contribution in [0.5, 0.6) is 0 Å². The molecule has 0 N–H and O–H groups in total. The molecule has 3 rings (SSSR count). The first-order valence-corrected chi connectivity index (χ1v) is 8.37. The van der Waals surface area contributed by atoms with Gasteiger partial charge < -0.3 is 9.64 Å². The maximum Gasteiger partial charge on any atom is 0.374 e. The van der Waals surface area contributed by atoms with E-state index in [1.165, 1.54) is 0 Å². The van der Waals surface area contributed by atoms with Gasteiger partial charge in [-0.1, -0.05) is 34.2 Å². The number of hydrogen-bond acceptors (Lipinski definition) is 4. The van der Waals surface area contributed by atoms with Crippen LogP contribution in [0.1, 0.15) is 12.0 Å². The maximum absolute atomic E-state index is 13.1. The Labute approximate surface area is 128 Å². The van der Waals surface area contributed by atoms with Gasteiger partial charge in [-0.3, -0.25) is 4.79 Å². The SMILES string of the molecule is O=C1COC2(CCN(S(=O)(=O)F)C2)CN1Cc1ccccc1. The zero-order valence-corrected chi connectivity index (χ0v) is 12.8. The van der Waals surface area contributed by atoms with E-state index in [4.69, 9.17) is 4.74 Å². The fourth-order valence-electron chi connectivity index (χ4n) is 2.98. The Kier molecular flexibility index (Phi) is 3.92. The van der Waals surface area contributed by atoms with Gasteiger partial charge in [0, 0.05) is 19.6 Å². The Balaban J connectivity index is 1.73. The van der Waals surface area contributed by atoms with E-state index in [-0.39, 0.29) is 32.1 Å². The Morgan fingerprint density at radius 2 is 1.95 bits per heavy atom. The van der Waals surface area contributed by atoms with Crippen molar-refractivity contribution in [2.24, 2.45) is 0 Å². The molecule has 8 heteroatoms. The second-order valence-electron chi connectivity index (χ2n) is 5.73. The van der Waals surface area contributed by atoms with E-state index in [9.17, 15) is 17.1 Å². The summed E-state index contributed by atoms with van der Waals surface area (Å²) in [5.41, 5.74) is 0.183. The summed E-state index contributed by atoms with van der Waals surface area (Å²) in [6.45, 7) is 0.628. The summed E-state index contributed by atoms with van der Waals surface area (Å²) in [6, 6.07) is 9.52. The van der Waals surface area contributed by atoms with Crippen LogP contribution in [0.2, 0.25) is 0 Å². The Morgan fingerprint density at radius 1 is 1.23 bits per heavy atom. The number of ether oxygens (including phenoxy) is 1. The van der Waals surface area contributed by atoms with Crippen molar-refractivity contribution < 1.29 is 21.8 Å². The molecule has 0 aromatic heterocycles. The van der Waals surface area contributed by atoms with Crippen molar-refractivity contribution in [2.75, 3.05) is 26.2 Å². The largest absolute Gasteiger partial charge is 0.374 e.